The summed E-state index contributed by atoms with van der Waals surface area (Å²) in [7, 11) is 1.62. The van der Waals surface area contributed by atoms with Crippen molar-refractivity contribution in [1.29, 1.82) is 0 Å². The molecule has 4 nitrogen and oxygen atoms in total. The number of hydrogen-bond donors (Lipinski definition) is 2. The average molecular weight is 331 g/mol. The first-order valence-corrected chi connectivity index (χ1v) is 7.85. The lowest BCUT2D eigenvalue weighted by molar-refractivity contribution is 0.0632. The molecule has 2 rings (SSSR count). The summed E-state index contributed by atoms with van der Waals surface area (Å²) in [6.07, 6.45) is 1.81. The Balaban J connectivity index is 2.46. The lowest BCUT2D eigenvalue weighted by Gasteiger charge is -2.31. The SMILES string of the molecule is COCCCC[C@@](O)(c1ccc(F)cc1)c1ccccc1C(N)=O. The zero-order valence-electron chi connectivity index (χ0n) is 13.7. The van der Waals surface area contributed by atoms with E-state index in [0.717, 1.165) is 6.42 Å². The van der Waals surface area contributed by atoms with E-state index in [1.165, 1.54) is 24.3 Å². The Hall–Kier alpha value is -2.24. The number of benzene rings is 2. The van der Waals surface area contributed by atoms with Gasteiger partial charge in [-0.3, -0.25) is 4.79 Å². The van der Waals surface area contributed by atoms with Gasteiger partial charge in [-0.15, -0.1) is 0 Å². The standard InChI is InChI=1S/C19H22FNO3/c1-24-13-5-4-12-19(23,14-8-10-15(20)11-9-14)17-7-3-2-6-16(17)18(21)22/h2-3,6-11,23H,4-5,12-13H2,1H3,(H2,21,22)/t19-/m1/s1. The Morgan fingerprint density at radius 2 is 1.83 bits per heavy atom. The van der Waals surface area contributed by atoms with E-state index >= 15 is 0 Å². The maximum absolute atomic E-state index is 13.3. The highest BCUT2D eigenvalue weighted by atomic mass is 19.1. The number of primary amides is 1. The minimum atomic E-state index is -1.42. The van der Waals surface area contributed by atoms with Gasteiger partial charge in [-0.1, -0.05) is 30.3 Å². The monoisotopic (exact) mass is 331 g/mol. The molecule has 0 fully saturated rings. The van der Waals surface area contributed by atoms with Crippen molar-refractivity contribution < 1.29 is 19.0 Å². The fourth-order valence-electron chi connectivity index (χ4n) is 2.85. The van der Waals surface area contributed by atoms with Crippen LogP contribution in [-0.4, -0.2) is 24.7 Å². The van der Waals surface area contributed by atoms with Gasteiger partial charge >= 0.3 is 0 Å². The molecule has 0 saturated carbocycles. The minimum Gasteiger partial charge on any atom is -0.385 e. The predicted molar refractivity (Wildman–Crippen MR) is 90.1 cm³/mol. The van der Waals surface area contributed by atoms with Gasteiger partial charge in [0.1, 0.15) is 11.4 Å². The first-order valence-electron chi connectivity index (χ1n) is 7.85. The predicted octanol–water partition coefficient (Wildman–Crippen LogP) is 2.98. The summed E-state index contributed by atoms with van der Waals surface area (Å²) < 4.78 is 18.3. The maximum atomic E-state index is 13.3. The van der Waals surface area contributed by atoms with Crippen molar-refractivity contribution >= 4 is 5.91 Å². The molecule has 0 spiro atoms. The summed E-state index contributed by atoms with van der Waals surface area (Å²) in [4.78, 5) is 11.8. The van der Waals surface area contributed by atoms with E-state index in [-0.39, 0.29) is 11.4 Å². The van der Waals surface area contributed by atoms with Crippen molar-refractivity contribution in [1.82, 2.24) is 0 Å². The van der Waals surface area contributed by atoms with Crippen LogP contribution in [0.4, 0.5) is 4.39 Å². The van der Waals surface area contributed by atoms with Crippen LogP contribution in [0, 0.1) is 5.82 Å². The Kier molecular flexibility index (Phi) is 6.06. The number of amides is 1. The topological polar surface area (TPSA) is 72.6 Å². The number of aliphatic hydroxyl groups is 1. The molecule has 0 heterocycles. The van der Waals surface area contributed by atoms with Crippen LogP contribution < -0.4 is 5.73 Å². The van der Waals surface area contributed by atoms with Crippen molar-refractivity contribution in [3.8, 4) is 0 Å². The first kappa shape index (κ1) is 18.1. The highest BCUT2D eigenvalue weighted by Gasteiger charge is 2.34. The normalized spacial score (nSPS) is 13.5. The van der Waals surface area contributed by atoms with Gasteiger partial charge in [0, 0.05) is 24.8 Å². The van der Waals surface area contributed by atoms with E-state index in [1.807, 2.05) is 0 Å². The smallest absolute Gasteiger partial charge is 0.249 e. The highest BCUT2D eigenvalue weighted by molar-refractivity contribution is 5.94. The summed E-state index contributed by atoms with van der Waals surface area (Å²) in [5.41, 5.74) is 5.25. The van der Waals surface area contributed by atoms with Crippen LogP contribution in [0.5, 0.6) is 0 Å². The molecule has 2 aromatic rings. The number of nitrogens with two attached hydrogens (primary N) is 1. The third-order valence-electron chi connectivity index (χ3n) is 4.10. The van der Waals surface area contributed by atoms with Crippen LogP contribution in [0.3, 0.4) is 0 Å². The number of hydrogen-bond acceptors (Lipinski definition) is 3. The molecule has 0 aromatic heterocycles. The molecule has 0 bridgehead atoms. The Bertz CT molecular complexity index is 687. The van der Waals surface area contributed by atoms with Gasteiger partial charge in [0.05, 0.1) is 0 Å². The molecule has 24 heavy (non-hydrogen) atoms. The van der Waals surface area contributed by atoms with Crippen molar-refractivity contribution in [3.05, 3.63) is 71.0 Å². The van der Waals surface area contributed by atoms with Crippen LogP contribution in [0.15, 0.2) is 48.5 Å². The van der Waals surface area contributed by atoms with Crippen molar-refractivity contribution in [3.63, 3.8) is 0 Å². The second kappa shape index (κ2) is 8.04. The van der Waals surface area contributed by atoms with Crippen LogP contribution in [0.25, 0.3) is 0 Å². The second-order valence-electron chi connectivity index (χ2n) is 5.73. The van der Waals surface area contributed by atoms with Crippen LogP contribution in [-0.2, 0) is 10.3 Å². The quantitative estimate of drug-likeness (QED) is 0.731. The molecule has 1 atom stereocenters. The van der Waals surface area contributed by atoms with Gasteiger partial charge < -0.3 is 15.6 Å². The first-order chi connectivity index (χ1) is 11.5. The molecule has 0 aliphatic carbocycles. The molecule has 0 radical (unpaired) electrons. The fourth-order valence-corrected chi connectivity index (χ4v) is 2.85. The maximum Gasteiger partial charge on any atom is 0.249 e. The summed E-state index contributed by atoms with van der Waals surface area (Å²) >= 11 is 0. The number of halogens is 1. The van der Waals surface area contributed by atoms with Gasteiger partial charge in [-0.25, -0.2) is 4.39 Å². The van der Waals surface area contributed by atoms with E-state index < -0.39 is 11.5 Å². The molecule has 0 aliphatic heterocycles. The summed E-state index contributed by atoms with van der Waals surface area (Å²) in [5, 5.41) is 11.4. The highest BCUT2D eigenvalue weighted by Crippen LogP contribution is 2.36. The molecular weight excluding hydrogens is 309 g/mol. The zero-order chi connectivity index (χ0) is 17.6. The number of unbranched alkanes of at least 4 members (excludes halogenated alkanes) is 1. The number of rotatable bonds is 8. The lowest BCUT2D eigenvalue weighted by Crippen LogP contribution is -2.31. The number of carbonyl (C=O) groups excluding carboxylic acids is 1. The fraction of sp³-hybridized carbons (Fsp3) is 0.316. The van der Waals surface area contributed by atoms with Gasteiger partial charge in [0.15, 0.2) is 0 Å². The average Bonchev–Trinajstić information content (AvgIpc) is 2.59. The van der Waals surface area contributed by atoms with E-state index in [9.17, 15) is 14.3 Å². The van der Waals surface area contributed by atoms with Crippen molar-refractivity contribution in [2.75, 3.05) is 13.7 Å². The third-order valence-corrected chi connectivity index (χ3v) is 4.10. The summed E-state index contributed by atoms with van der Waals surface area (Å²) in [6, 6.07) is 12.4. The van der Waals surface area contributed by atoms with Gasteiger partial charge in [-0.05, 0) is 43.0 Å². The van der Waals surface area contributed by atoms with Gasteiger partial charge in [0.25, 0.3) is 0 Å². The minimum absolute atomic E-state index is 0.260. The Morgan fingerprint density at radius 1 is 1.17 bits per heavy atom. The Morgan fingerprint density at radius 3 is 2.46 bits per heavy atom. The Labute approximate surface area is 141 Å². The molecular formula is C19H22FNO3. The number of carbonyl (C=O) groups is 1. The second-order valence-corrected chi connectivity index (χ2v) is 5.73. The molecule has 0 aliphatic rings. The van der Waals surface area contributed by atoms with Crippen molar-refractivity contribution in [2.45, 2.75) is 24.9 Å². The van der Waals surface area contributed by atoms with Crippen LogP contribution in [0.2, 0.25) is 0 Å². The number of methoxy groups -OCH3 is 1. The third kappa shape index (κ3) is 3.99. The number of ether oxygens (including phenoxy) is 1. The molecule has 2 aromatic carbocycles. The van der Waals surface area contributed by atoms with E-state index in [4.69, 9.17) is 10.5 Å². The molecule has 1 amide bonds. The lowest BCUT2D eigenvalue weighted by atomic mass is 9.80. The molecule has 3 N–H and O–H groups in total. The zero-order valence-corrected chi connectivity index (χ0v) is 13.7. The molecule has 0 saturated heterocycles. The summed E-state index contributed by atoms with van der Waals surface area (Å²) in [5.74, 6) is -0.994. The van der Waals surface area contributed by atoms with E-state index in [2.05, 4.69) is 0 Å². The van der Waals surface area contributed by atoms with Crippen LogP contribution in [0.1, 0.15) is 40.7 Å². The largest absolute Gasteiger partial charge is 0.385 e. The van der Waals surface area contributed by atoms with E-state index in [1.54, 1.807) is 31.4 Å². The summed E-state index contributed by atoms with van der Waals surface area (Å²) in [6.45, 7) is 0.580. The molecule has 128 valence electrons. The van der Waals surface area contributed by atoms with Gasteiger partial charge in [0.2, 0.25) is 5.91 Å². The van der Waals surface area contributed by atoms with Crippen molar-refractivity contribution in [2.24, 2.45) is 5.73 Å². The van der Waals surface area contributed by atoms with Gasteiger partial charge in [-0.2, -0.15) is 0 Å². The molecule has 5 heteroatoms. The van der Waals surface area contributed by atoms with Crippen LogP contribution >= 0.6 is 0 Å². The molecule has 0 unspecified atom stereocenters. The van der Waals surface area contributed by atoms with E-state index in [0.29, 0.717) is 30.6 Å².